The largest absolute Gasteiger partial charge is 0.422 e. The van der Waals surface area contributed by atoms with Gasteiger partial charge in [-0.15, -0.1) is 0 Å². The smallest absolute Gasteiger partial charge is 0.336 e. The minimum Gasteiger partial charge on any atom is -0.422 e. The van der Waals surface area contributed by atoms with Gasteiger partial charge in [-0.25, -0.2) is 4.79 Å². The Labute approximate surface area is 165 Å². The summed E-state index contributed by atoms with van der Waals surface area (Å²) in [5, 5.41) is 1.06. The van der Waals surface area contributed by atoms with Crippen LogP contribution >= 0.6 is 0 Å². The third-order valence-electron chi connectivity index (χ3n) is 6.91. The Balaban J connectivity index is 1.43. The number of carbonyl (C=O) groups is 1. The molecule has 5 nitrogen and oxygen atoms in total. The fourth-order valence-corrected chi connectivity index (χ4v) is 5.89. The van der Waals surface area contributed by atoms with Gasteiger partial charge < -0.3 is 9.32 Å². The minimum absolute atomic E-state index is 0.268. The highest BCUT2D eigenvalue weighted by Gasteiger charge is 2.43. The van der Waals surface area contributed by atoms with Gasteiger partial charge in [-0.1, -0.05) is 6.07 Å². The van der Waals surface area contributed by atoms with Gasteiger partial charge in [-0.05, 0) is 67.7 Å². The minimum atomic E-state index is -0.268. The van der Waals surface area contributed by atoms with Crippen molar-refractivity contribution in [1.29, 1.82) is 0 Å². The first kappa shape index (κ1) is 17.9. The van der Waals surface area contributed by atoms with Gasteiger partial charge in [-0.2, -0.15) is 0 Å². The summed E-state index contributed by atoms with van der Waals surface area (Å²) in [6, 6.07) is 6.28. The zero-order valence-corrected chi connectivity index (χ0v) is 16.7. The number of aryl methyl sites for hydroxylation is 2. The van der Waals surface area contributed by atoms with Crippen LogP contribution in [0.5, 0.6) is 0 Å². The second-order valence-electron chi connectivity index (χ2n) is 9.11. The fraction of sp³-hybridized carbons (Fsp3) is 0.565. The van der Waals surface area contributed by atoms with Crippen molar-refractivity contribution < 1.29 is 9.21 Å². The summed E-state index contributed by atoms with van der Waals surface area (Å²) in [5.41, 5.74) is 3.72. The molecule has 2 bridgehead atoms. The van der Waals surface area contributed by atoms with Gasteiger partial charge in [0.05, 0.1) is 0 Å². The van der Waals surface area contributed by atoms with Gasteiger partial charge in [0.15, 0.2) is 0 Å². The number of benzene rings is 1. The third-order valence-corrected chi connectivity index (χ3v) is 6.91. The van der Waals surface area contributed by atoms with Crippen molar-refractivity contribution in [2.24, 2.45) is 11.8 Å². The van der Waals surface area contributed by atoms with Crippen molar-refractivity contribution >= 4 is 16.9 Å². The lowest BCUT2D eigenvalue weighted by atomic mass is 9.76. The first-order valence-corrected chi connectivity index (χ1v) is 10.5. The highest BCUT2D eigenvalue weighted by Crippen LogP contribution is 2.38. The summed E-state index contributed by atoms with van der Waals surface area (Å²) in [6.07, 6.45) is 4.14. The number of likely N-dealkylation sites (tertiary alicyclic amines) is 1. The van der Waals surface area contributed by atoms with Crippen molar-refractivity contribution in [2.45, 2.75) is 52.1 Å². The van der Waals surface area contributed by atoms with Gasteiger partial charge in [0, 0.05) is 50.1 Å². The van der Waals surface area contributed by atoms with E-state index >= 15 is 0 Å². The number of amides is 1. The maximum atomic E-state index is 12.3. The molecule has 1 amide bonds. The molecule has 1 aromatic heterocycles. The van der Waals surface area contributed by atoms with E-state index in [1.165, 1.54) is 12.0 Å². The van der Waals surface area contributed by atoms with Crippen LogP contribution in [-0.4, -0.2) is 41.4 Å². The third kappa shape index (κ3) is 3.06. The summed E-state index contributed by atoms with van der Waals surface area (Å²) >= 11 is 0. The molecule has 1 aromatic carbocycles. The van der Waals surface area contributed by atoms with E-state index in [-0.39, 0.29) is 5.63 Å². The highest BCUT2D eigenvalue weighted by molar-refractivity contribution is 5.83. The number of carbonyl (C=O) groups excluding carboxylic acids is 1. The topological polar surface area (TPSA) is 53.8 Å². The van der Waals surface area contributed by atoms with E-state index in [4.69, 9.17) is 4.42 Å². The van der Waals surface area contributed by atoms with Crippen LogP contribution in [-0.2, 0) is 11.3 Å². The quantitative estimate of drug-likeness (QED) is 0.751. The van der Waals surface area contributed by atoms with Crippen LogP contribution < -0.4 is 5.63 Å². The molecular formula is C23H28N2O3. The van der Waals surface area contributed by atoms with E-state index in [1.54, 1.807) is 6.07 Å². The average molecular weight is 380 g/mol. The van der Waals surface area contributed by atoms with Gasteiger partial charge in [0.2, 0.25) is 5.91 Å². The van der Waals surface area contributed by atoms with Gasteiger partial charge in [0.1, 0.15) is 5.58 Å². The Morgan fingerprint density at radius 3 is 2.82 bits per heavy atom. The lowest BCUT2D eigenvalue weighted by Crippen LogP contribution is -2.60. The molecule has 2 aromatic rings. The van der Waals surface area contributed by atoms with Crippen LogP contribution in [0.15, 0.2) is 27.4 Å². The predicted molar refractivity (Wildman–Crippen MR) is 108 cm³/mol. The molecule has 0 unspecified atom stereocenters. The molecule has 3 fully saturated rings. The van der Waals surface area contributed by atoms with Crippen LogP contribution in [0.25, 0.3) is 11.0 Å². The molecule has 3 aliphatic rings. The lowest BCUT2D eigenvalue weighted by molar-refractivity contribution is -0.145. The Morgan fingerprint density at radius 2 is 1.96 bits per heavy atom. The molecule has 0 radical (unpaired) electrons. The standard InChI is InChI=1S/C23H28N2O3/c1-14-6-15(2)23-19(7-14)17(9-22(27)28-23)12-24-10-16-8-18(13-24)20-4-3-5-21(26)25(20)11-16/h6-7,9,16,18,20H,3-5,8,10-13H2,1-2H3/t16-,18+,20-/m0/s1. The zero-order valence-electron chi connectivity index (χ0n) is 16.7. The maximum Gasteiger partial charge on any atom is 0.336 e. The molecule has 4 heterocycles. The van der Waals surface area contributed by atoms with E-state index in [9.17, 15) is 9.59 Å². The highest BCUT2D eigenvalue weighted by atomic mass is 16.4. The van der Waals surface area contributed by atoms with Gasteiger partial charge in [-0.3, -0.25) is 9.69 Å². The molecule has 0 saturated carbocycles. The van der Waals surface area contributed by atoms with Crippen molar-refractivity contribution in [3.63, 3.8) is 0 Å². The number of rotatable bonds is 2. The van der Waals surface area contributed by atoms with Crippen LogP contribution in [0.3, 0.4) is 0 Å². The molecule has 3 atom stereocenters. The van der Waals surface area contributed by atoms with Gasteiger partial charge in [0.25, 0.3) is 0 Å². The summed E-state index contributed by atoms with van der Waals surface area (Å²) in [4.78, 5) is 29.2. The van der Waals surface area contributed by atoms with Crippen molar-refractivity contribution in [3.05, 3.63) is 45.3 Å². The van der Waals surface area contributed by atoms with Crippen molar-refractivity contribution in [1.82, 2.24) is 9.80 Å². The molecule has 0 N–H and O–H groups in total. The second kappa shape index (κ2) is 6.73. The lowest BCUT2D eigenvalue weighted by Gasteiger charge is -2.52. The van der Waals surface area contributed by atoms with E-state index in [1.807, 2.05) is 6.92 Å². The number of hydrogen-bond donors (Lipinski definition) is 0. The maximum absolute atomic E-state index is 12.3. The zero-order chi connectivity index (χ0) is 19.4. The number of fused-ring (bicyclic) bond motifs is 5. The van der Waals surface area contributed by atoms with Crippen molar-refractivity contribution in [2.75, 3.05) is 19.6 Å². The number of nitrogens with zero attached hydrogens (tertiary/aromatic N) is 2. The van der Waals surface area contributed by atoms with Crippen LogP contribution in [0, 0.1) is 25.7 Å². The van der Waals surface area contributed by atoms with E-state index in [2.05, 4.69) is 28.9 Å². The first-order valence-electron chi connectivity index (χ1n) is 10.5. The molecule has 28 heavy (non-hydrogen) atoms. The Kier molecular flexibility index (Phi) is 4.31. The SMILES string of the molecule is Cc1cc(C)c2oc(=O)cc(CN3C[C@@H]4C[C@H](C3)[C@@H]3CCCC(=O)N3C4)c2c1. The summed E-state index contributed by atoms with van der Waals surface area (Å²) < 4.78 is 5.52. The molecule has 5 heteroatoms. The van der Waals surface area contributed by atoms with E-state index in [0.717, 1.165) is 62.0 Å². The monoisotopic (exact) mass is 380 g/mol. The fourth-order valence-electron chi connectivity index (χ4n) is 5.89. The number of piperidine rings is 3. The van der Waals surface area contributed by atoms with E-state index < -0.39 is 0 Å². The Morgan fingerprint density at radius 1 is 1.11 bits per heavy atom. The van der Waals surface area contributed by atoms with Crippen LogP contribution in [0.4, 0.5) is 0 Å². The Hall–Kier alpha value is -2.14. The molecule has 5 rings (SSSR count). The molecule has 3 saturated heterocycles. The molecule has 0 spiro atoms. The summed E-state index contributed by atoms with van der Waals surface area (Å²) in [7, 11) is 0. The summed E-state index contributed by atoms with van der Waals surface area (Å²) in [5.74, 6) is 1.47. The van der Waals surface area contributed by atoms with Crippen molar-refractivity contribution in [3.8, 4) is 0 Å². The molecule has 148 valence electrons. The van der Waals surface area contributed by atoms with Crippen LogP contribution in [0.2, 0.25) is 0 Å². The normalized spacial score (nSPS) is 27.9. The molecular weight excluding hydrogens is 352 g/mol. The number of hydrogen-bond acceptors (Lipinski definition) is 4. The first-order chi connectivity index (χ1) is 13.5. The average Bonchev–Trinajstić information content (AvgIpc) is 2.64. The molecule has 3 aliphatic heterocycles. The molecule has 0 aliphatic carbocycles. The summed E-state index contributed by atoms with van der Waals surface area (Å²) in [6.45, 7) is 7.78. The Bertz CT molecular complexity index is 995. The van der Waals surface area contributed by atoms with Crippen LogP contribution in [0.1, 0.15) is 42.4 Å². The van der Waals surface area contributed by atoms with Gasteiger partial charge >= 0.3 is 5.63 Å². The second-order valence-corrected chi connectivity index (χ2v) is 9.11. The predicted octanol–water partition coefficient (Wildman–Crippen LogP) is 3.24. The van der Waals surface area contributed by atoms with E-state index in [0.29, 0.717) is 29.4 Å².